The Morgan fingerprint density at radius 3 is 2.73 bits per heavy atom. The van der Waals surface area contributed by atoms with E-state index < -0.39 is 10.8 Å². The van der Waals surface area contributed by atoms with Crippen LogP contribution in [0.3, 0.4) is 0 Å². The van der Waals surface area contributed by atoms with Gasteiger partial charge in [-0.1, -0.05) is 23.2 Å². The van der Waals surface area contributed by atoms with E-state index in [4.69, 9.17) is 28.3 Å². The normalized spacial score (nSPS) is 29.1. The van der Waals surface area contributed by atoms with Gasteiger partial charge < -0.3 is 10.4 Å². The van der Waals surface area contributed by atoms with E-state index in [1.54, 1.807) is 0 Å². The van der Waals surface area contributed by atoms with E-state index in [0.717, 1.165) is 0 Å². The lowest BCUT2D eigenvalue weighted by Gasteiger charge is -2.17. The molecule has 0 saturated heterocycles. The number of carboxylic acid groups (broad SMARTS) is 1. The maximum absolute atomic E-state index is 10.5. The van der Waals surface area contributed by atoms with Crippen LogP contribution < -0.4 is 5.32 Å². The summed E-state index contributed by atoms with van der Waals surface area (Å²) in [5.41, 5.74) is 0. The molecule has 5 heteroatoms. The van der Waals surface area contributed by atoms with Crippen molar-refractivity contribution in [3.63, 3.8) is 0 Å². The summed E-state index contributed by atoms with van der Waals surface area (Å²) >= 11 is 11.1. The van der Waals surface area contributed by atoms with Gasteiger partial charge in [-0.25, -0.2) is 4.79 Å². The van der Waals surface area contributed by atoms with Crippen molar-refractivity contribution in [2.75, 3.05) is 0 Å². The average molecular weight is 194 g/mol. The third-order valence-electron chi connectivity index (χ3n) is 1.21. The second-order valence-electron chi connectivity index (χ2n) is 2.04. The van der Waals surface area contributed by atoms with Crippen molar-refractivity contribution in [3.05, 3.63) is 23.5 Å². The van der Waals surface area contributed by atoms with Gasteiger partial charge in [0.25, 0.3) is 0 Å². The van der Waals surface area contributed by atoms with Crippen molar-refractivity contribution in [2.24, 2.45) is 0 Å². The molecule has 3 nitrogen and oxygen atoms in total. The molecule has 0 saturated carbocycles. The first-order valence-corrected chi connectivity index (χ1v) is 3.55. The molecule has 1 unspecified atom stereocenters. The van der Waals surface area contributed by atoms with Crippen molar-refractivity contribution in [2.45, 2.75) is 4.87 Å². The molecule has 0 radical (unpaired) electrons. The Balaban J connectivity index is 2.94. The molecule has 0 aromatic carbocycles. The van der Waals surface area contributed by atoms with Crippen molar-refractivity contribution in [3.8, 4) is 0 Å². The summed E-state index contributed by atoms with van der Waals surface area (Å²) in [6, 6.07) is 0. The van der Waals surface area contributed by atoms with E-state index in [2.05, 4.69) is 5.32 Å². The minimum absolute atomic E-state index is 0.213. The Morgan fingerprint density at radius 1 is 1.73 bits per heavy atom. The second kappa shape index (κ2) is 2.75. The fraction of sp³-hybridized carbons (Fsp3) is 0.167. The first-order valence-electron chi connectivity index (χ1n) is 2.79. The number of rotatable bonds is 1. The lowest BCUT2D eigenvalue weighted by molar-refractivity contribution is -0.137. The second-order valence-corrected chi connectivity index (χ2v) is 3.08. The fourth-order valence-electron chi connectivity index (χ4n) is 0.650. The molecule has 1 heterocycles. The van der Waals surface area contributed by atoms with E-state index in [0.29, 0.717) is 0 Å². The number of carbonyl (C=O) groups is 1. The molecule has 1 aliphatic rings. The zero-order valence-electron chi connectivity index (χ0n) is 5.34. The molecule has 0 fully saturated rings. The minimum Gasteiger partial charge on any atom is -0.479 e. The Bertz CT molecular complexity index is 249. The number of hydrogen-bond acceptors (Lipinski definition) is 2. The third kappa shape index (κ3) is 1.67. The molecule has 1 aliphatic heterocycles. The Kier molecular flexibility index (Phi) is 2.11. The van der Waals surface area contributed by atoms with Gasteiger partial charge in [0.1, 0.15) is 5.16 Å². The van der Waals surface area contributed by atoms with Crippen LogP contribution in [0.25, 0.3) is 0 Å². The lowest BCUT2D eigenvalue weighted by Crippen LogP contribution is -2.31. The molecule has 11 heavy (non-hydrogen) atoms. The fourth-order valence-corrected chi connectivity index (χ4v) is 1.11. The van der Waals surface area contributed by atoms with Gasteiger partial charge in [0.15, 0.2) is 4.87 Å². The SMILES string of the molecule is O=C(O)C1(Cl)C=CNC(Cl)=C1. The summed E-state index contributed by atoms with van der Waals surface area (Å²) in [4.78, 5) is 9.01. The van der Waals surface area contributed by atoms with E-state index >= 15 is 0 Å². The van der Waals surface area contributed by atoms with Crippen molar-refractivity contribution in [1.29, 1.82) is 0 Å². The van der Waals surface area contributed by atoms with E-state index in [-0.39, 0.29) is 5.16 Å². The monoisotopic (exact) mass is 193 g/mol. The lowest BCUT2D eigenvalue weighted by atomic mass is 10.1. The summed E-state index contributed by atoms with van der Waals surface area (Å²) < 4.78 is 0. The van der Waals surface area contributed by atoms with E-state index in [1.807, 2.05) is 0 Å². The first kappa shape index (κ1) is 8.43. The maximum atomic E-state index is 10.5. The van der Waals surface area contributed by atoms with Crippen LogP contribution in [0.4, 0.5) is 0 Å². The van der Waals surface area contributed by atoms with Crippen molar-refractivity contribution < 1.29 is 9.90 Å². The van der Waals surface area contributed by atoms with Crippen LogP contribution in [-0.4, -0.2) is 16.0 Å². The summed E-state index contributed by atoms with van der Waals surface area (Å²) in [6.45, 7) is 0. The Labute approximate surface area is 73.3 Å². The van der Waals surface area contributed by atoms with Gasteiger partial charge in [-0.05, 0) is 12.2 Å². The largest absolute Gasteiger partial charge is 0.479 e. The number of nitrogens with one attached hydrogen (secondary N) is 1. The van der Waals surface area contributed by atoms with Gasteiger partial charge in [-0.2, -0.15) is 0 Å². The number of aliphatic carboxylic acids is 1. The standard InChI is InChI=1S/C6H5Cl2NO2/c7-4-3-6(8,5(10)11)1-2-9-4/h1-3,9H,(H,10,11). The van der Waals surface area contributed by atoms with Crippen molar-refractivity contribution in [1.82, 2.24) is 5.32 Å². The van der Waals surface area contributed by atoms with Crippen LogP contribution >= 0.6 is 23.2 Å². The number of halogens is 2. The highest BCUT2D eigenvalue weighted by Gasteiger charge is 2.32. The van der Waals surface area contributed by atoms with Gasteiger partial charge in [-0.3, -0.25) is 0 Å². The smallest absolute Gasteiger partial charge is 0.332 e. The molecular formula is C6H5Cl2NO2. The molecule has 2 N–H and O–H groups in total. The zero-order valence-corrected chi connectivity index (χ0v) is 6.86. The van der Waals surface area contributed by atoms with Crippen LogP contribution in [0.5, 0.6) is 0 Å². The highest BCUT2D eigenvalue weighted by molar-refractivity contribution is 6.38. The van der Waals surface area contributed by atoms with Gasteiger partial charge in [-0.15, -0.1) is 0 Å². The molecular weight excluding hydrogens is 189 g/mol. The van der Waals surface area contributed by atoms with Crippen molar-refractivity contribution >= 4 is 29.2 Å². The van der Waals surface area contributed by atoms with Gasteiger partial charge >= 0.3 is 5.97 Å². The molecule has 60 valence electrons. The molecule has 1 rings (SSSR count). The molecule has 0 aliphatic carbocycles. The van der Waals surface area contributed by atoms with Gasteiger partial charge in [0, 0.05) is 6.20 Å². The van der Waals surface area contributed by atoms with Crippen LogP contribution in [0.1, 0.15) is 0 Å². The van der Waals surface area contributed by atoms with E-state index in [1.165, 1.54) is 18.4 Å². The average Bonchev–Trinajstić information content (AvgIpc) is 1.86. The predicted octanol–water partition coefficient (Wildman–Crippen LogP) is 1.25. The molecule has 0 spiro atoms. The number of alkyl halides is 1. The maximum Gasteiger partial charge on any atom is 0.332 e. The number of dihydropyridines is 1. The molecule has 0 amide bonds. The molecule has 0 aromatic heterocycles. The highest BCUT2D eigenvalue weighted by Crippen LogP contribution is 2.24. The minimum atomic E-state index is -1.50. The highest BCUT2D eigenvalue weighted by atomic mass is 35.5. The molecule has 0 aromatic rings. The summed E-state index contributed by atoms with van der Waals surface area (Å²) in [5.74, 6) is -1.14. The molecule has 1 atom stereocenters. The zero-order chi connectivity index (χ0) is 8.48. The van der Waals surface area contributed by atoms with Crippen LogP contribution in [0.2, 0.25) is 0 Å². The molecule has 0 bridgehead atoms. The summed E-state index contributed by atoms with van der Waals surface area (Å²) in [7, 11) is 0. The summed E-state index contributed by atoms with van der Waals surface area (Å²) in [5, 5.41) is 11.4. The Morgan fingerprint density at radius 2 is 2.36 bits per heavy atom. The quantitative estimate of drug-likeness (QED) is 0.487. The predicted molar refractivity (Wildman–Crippen MR) is 42.4 cm³/mol. The van der Waals surface area contributed by atoms with E-state index in [9.17, 15) is 4.79 Å². The van der Waals surface area contributed by atoms with Crippen LogP contribution in [0, 0.1) is 0 Å². The van der Waals surface area contributed by atoms with Crippen LogP contribution in [-0.2, 0) is 4.79 Å². The summed E-state index contributed by atoms with van der Waals surface area (Å²) in [6.07, 6.45) is 3.92. The van der Waals surface area contributed by atoms with Crippen LogP contribution in [0.15, 0.2) is 23.5 Å². The third-order valence-corrected chi connectivity index (χ3v) is 1.83. The van der Waals surface area contributed by atoms with Gasteiger partial charge in [0.2, 0.25) is 0 Å². The number of carboxylic acids is 1. The number of hydrogen-bond donors (Lipinski definition) is 2. The van der Waals surface area contributed by atoms with Gasteiger partial charge in [0.05, 0.1) is 0 Å². The first-order chi connectivity index (χ1) is 5.04. The topological polar surface area (TPSA) is 49.3 Å². The Hall–Kier alpha value is -0.670.